The summed E-state index contributed by atoms with van der Waals surface area (Å²) in [5, 5.41) is 0. The van der Waals surface area contributed by atoms with E-state index in [1.807, 2.05) is 14.2 Å². The van der Waals surface area contributed by atoms with Crippen molar-refractivity contribution >= 4 is 36.8 Å². The van der Waals surface area contributed by atoms with E-state index in [-0.39, 0.29) is 24.6 Å². The van der Waals surface area contributed by atoms with Crippen LogP contribution in [-0.4, -0.2) is 75.3 Å². The molecular weight excluding hydrogens is 388 g/mol. The molecule has 0 aromatic rings. The topological polar surface area (TPSA) is 21.7 Å². The first-order chi connectivity index (χ1) is 9.71. The molecule has 0 aromatic carbocycles. The first-order valence-electron chi connectivity index (χ1n) is 8.49. The summed E-state index contributed by atoms with van der Waals surface area (Å²) in [6.07, 6.45) is 9.59. The van der Waals surface area contributed by atoms with Crippen LogP contribution in [0.4, 0.5) is 0 Å². The molecule has 21 heavy (non-hydrogen) atoms. The number of hydrogen-bond acceptors (Lipinski definition) is 3. The molecule has 126 valence electrons. The third kappa shape index (κ3) is 9.04. The molecule has 1 rings (SSSR count). The van der Waals surface area contributed by atoms with Crippen LogP contribution >= 0.6 is 12.4 Å². The number of piperidine rings is 1. The Bertz CT molecular complexity index is 240. The van der Waals surface area contributed by atoms with Crippen molar-refractivity contribution in [3.05, 3.63) is 0 Å². The first kappa shape index (κ1) is 22.0. The molecule has 3 atom stereocenters. The van der Waals surface area contributed by atoms with E-state index in [2.05, 4.69) is 11.8 Å². The van der Waals surface area contributed by atoms with Crippen molar-refractivity contribution in [2.45, 2.75) is 67.8 Å². The largest absolute Gasteiger partial charge is 0.147 e. The van der Waals surface area contributed by atoms with Crippen molar-refractivity contribution < 1.29 is 9.47 Å². The zero-order valence-electron chi connectivity index (χ0n) is 14.5. The number of nitrogens with zero attached hydrogens (tertiary/aromatic N) is 1. The molecule has 1 aliphatic rings. The van der Waals surface area contributed by atoms with Gasteiger partial charge < -0.3 is 0 Å². The molecule has 3 unspecified atom stereocenters. The van der Waals surface area contributed by atoms with Gasteiger partial charge in [-0.2, -0.15) is 0 Å². The number of ether oxygens (including phenoxy) is 2. The van der Waals surface area contributed by atoms with E-state index in [4.69, 9.17) is 9.47 Å². The van der Waals surface area contributed by atoms with E-state index in [9.17, 15) is 0 Å². The van der Waals surface area contributed by atoms with Gasteiger partial charge in [0, 0.05) is 0 Å². The van der Waals surface area contributed by atoms with Crippen molar-refractivity contribution in [1.29, 1.82) is 0 Å². The van der Waals surface area contributed by atoms with Crippen LogP contribution in [0, 0.1) is 0 Å². The quantitative estimate of drug-likeness (QED) is 0.539. The second kappa shape index (κ2) is 13.5. The number of rotatable bonds is 10. The second-order valence-corrected chi connectivity index (χ2v) is 11.0. The Morgan fingerprint density at radius 3 is 2.05 bits per heavy atom. The minimum Gasteiger partial charge on any atom is -0.147 e. The zero-order chi connectivity index (χ0) is 14.8. The summed E-state index contributed by atoms with van der Waals surface area (Å²) < 4.78 is 12.3. The van der Waals surface area contributed by atoms with Gasteiger partial charge in [0.25, 0.3) is 0 Å². The molecule has 0 bridgehead atoms. The summed E-state index contributed by atoms with van der Waals surface area (Å²) >= 11 is 0.737. The van der Waals surface area contributed by atoms with Gasteiger partial charge in [-0.3, -0.25) is 0 Å². The van der Waals surface area contributed by atoms with Gasteiger partial charge in [0.05, 0.1) is 0 Å². The normalized spacial score (nSPS) is 20.5. The van der Waals surface area contributed by atoms with Crippen molar-refractivity contribution in [2.75, 3.05) is 33.9 Å². The number of halogens is 1. The predicted molar refractivity (Wildman–Crippen MR) is 95.6 cm³/mol. The molecule has 3 nitrogen and oxygen atoms in total. The monoisotopic (exact) mass is 423 g/mol. The summed E-state index contributed by atoms with van der Waals surface area (Å²) in [5.41, 5.74) is 0. The smallest absolute Gasteiger partial charge is 0.147 e. The van der Waals surface area contributed by atoms with Gasteiger partial charge in [-0.1, -0.05) is 0 Å². The molecule has 0 amide bonds. The van der Waals surface area contributed by atoms with Gasteiger partial charge in [0.15, 0.2) is 0 Å². The maximum Gasteiger partial charge on any atom is -0.147 e. The van der Waals surface area contributed by atoms with Crippen molar-refractivity contribution in [1.82, 2.24) is 4.90 Å². The maximum atomic E-state index is 5.68. The fourth-order valence-electron chi connectivity index (χ4n) is 3.32. The molecular formula is C16H35ClInNO2. The van der Waals surface area contributed by atoms with Gasteiger partial charge >= 0.3 is 140 Å². The Morgan fingerprint density at radius 1 is 0.952 bits per heavy atom. The van der Waals surface area contributed by atoms with Crippen LogP contribution in [0.5, 0.6) is 0 Å². The van der Waals surface area contributed by atoms with Crippen molar-refractivity contribution in [3.8, 4) is 0 Å². The van der Waals surface area contributed by atoms with E-state index in [1.165, 1.54) is 58.2 Å². The first-order valence-corrected chi connectivity index (χ1v) is 11.8. The number of likely N-dealkylation sites (tertiary alicyclic amines) is 1. The minimum atomic E-state index is 0. The fourth-order valence-corrected chi connectivity index (χ4v) is 5.74. The van der Waals surface area contributed by atoms with Gasteiger partial charge in [0.1, 0.15) is 0 Å². The summed E-state index contributed by atoms with van der Waals surface area (Å²) in [7, 11) is 3.66. The Hall–Kier alpha value is 1.04. The van der Waals surface area contributed by atoms with E-state index in [1.54, 1.807) is 0 Å². The average molecular weight is 424 g/mol. The molecule has 0 aliphatic carbocycles. The Labute approximate surface area is 152 Å². The van der Waals surface area contributed by atoms with E-state index >= 15 is 0 Å². The fraction of sp³-hybridized carbons (Fsp3) is 1.00. The molecule has 0 spiro atoms. The van der Waals surface area contributed by atoms with Gasteiger partial charge in [-0.05, 0) is 0 Å². The number of methoxy groups -OCH3 is 2. The van der Waals surface area contributed by atoms with E-state index < -0.39 is 0 Å². The molecule has 0 aromatic heterocycles. The van der Waals surface area contributed by atoms with Crippen LogP contribution in [0.1, 0.15) is 51.9 Å². The van der Waals surface area contributed by atoms with Crippen LogP contribution in [0.25, 0.3) is 0 Å². The summed E-state index contributed by atoms with van der Waals surface area (Å²) in [6.45, 7) is 6.23. The molecule has 1 heterocycles. The molecule has 1 aliphatic heterocycles. The predicted octanol–water partition coefficient (Wildman–Crippen LogP) is 2.93. The van der Waals surface area contributed by atoms with Crippen LogP contribution in [-0.2, 0) is 9.47 Å². The van der Waals surface area contributed by atoms with E-state index in [0.717, 1.165) is 34.5 Å². The Kier molecular flexibility index (Phi) is 14.1. The Balaban J connectivity index is 0.00000400. The molecule has 0 N–H and O–H groups in total. The van der Waals surface area contributed by atoms with Crippen molar-refractivity contribution in [2.24, 2.45) is 0 Å². The summed E-state index contributed by atoms with van der Waals surface area (Å²) in [6, 6.07) is 0. The molecule has 1 fully saturated rings. The number of hydrogen-bond donors (Lipinski definition) is 0. The third-order valence-corrected chi connectivity index (χ3v) is 7.25. The molecule has 0 saturated carbocycles. The molecule has 1 saturated heterocycles. The Morgan fingerprint density at radius 2 is 1.52 bits per heavy atom. The van der Waals surface area contributed by atoms with E-state index in [0.29, 0.717) is 0 Å². The maximum absolute atomic E-state index is 5.68. The van der Waals surface area contributed by atoms with Crippen LogP contribution in [0.2, 0.25) is 3.67 Å². The molecule has 5 heteroatoms. The zero-order valence-corrected chi connectivity index (χ0v) is 21.0. The van der Waals surface area contributed by atoms with Crippen molar-refractivity contribution in [3.63, 3.8) is 0 Å². The van der Waals surface area contributed by atoms with Gasteiger partial charge in [-0.15, -0.1) is 12.4 Å². The van der Waals surface area contributed by atoms with Gasteiger partial charge in [-0.25, -0.2) is 0 Å². The average Bonchev–Trinajstić information content (AvgIpc) is 2.47. The standard InChI is InChI=1S/C16H32NO2.ClH.In.2H/c1-4-10-15(18-2)16(19-3)11-6-9-14-17-12-7-5-8-13-17;;;;/h9,15-16H,4-8,10-14H2,1-3H3;1H;;;. The SMILES string of the molecule is CCCC(OC)C(CC[CH]([InH2])CN1CCCCC1)OC.Cl. The second-order valence-electron chi connectivity index (χ2n) is 6.38. The van der Waals surface area contributed by atoms with Gasteiger partial charge in [0.2, 0.25) is 0 Å². The third-order valence-electron chi connectivity index (χ3n) is 4.56. The minimum absolute atomic E-state index is 0. The summed E-state index contributed by atoms with van der Waals surface area (Å²) in [5.74, 6) is 0. The van der Waals surface area contributed by atoms with Crippen LogP contribution < -0.4 is 0 Å². The summed E-state index contributed by atoms with van der Waals surface area (Å²) in [4.78, 5) is 2.69. The molecule has 0 radical (unpaired) electrons. The van der Waals surface area contributed by atoms with Crippen LogP contribution in [0.15, 0.2) is 0 Å². The van der Waals surface area contributed by atoms with Crippen LogP contribution in [0.3, 0.4) is 0 Å².